The van der Waals surface area contributed by atoms with E-state index in [9.17, 15) is 19.5 Å². The zero-order valence-electron chi connectivity index (χ0n) is 21.1. The van der Waals surface area contributed by atoms with Gasteiger partial charge in [0.1, 0.15) is 11.6 Å². The van der Waals surface area contributed by atoms with Crippen molar-refractivity contribution >= 4 is 18.0 Å². The number of esters is 1. The SMILES string of the molecule is CC(C)OC(=O)C(O)(C1CCCCC1)[C@H](C)NC(=O)[C@H](Cc1cnc[nH]1)NC(=O)OC(C)(C)C. The average Bonchev–Trinajstić information content (AvgIpc) is 3.24. The number of amides is 2. The van der Waals surface area contributed by atoms with Crippen LogP contribution in [0.2, 0.25) is 0 Å². The van der Waals surface area contributed by atoms with Crippen molar-refractivity contribution in [3.05, 3.63) is 18.2 Å². The van der Waals surface area contributed by atoms with E-state index in [0.29, 0.717) is 18.5 Å². The summed E-state index contributed by atoms with van der Waals surface area (Å²) in [6.07, 6.45) is 6.15. The summed E-state index contributed by atoms with van der Waals surface area (Å²) >= 11 is 0. The van der Waals surface area contributed by atoms with Crippen LogP contribution in [0.15, 0.2) is 12.5 Å². The molecule has 10 nitrogen and oxygen atoms in total. The summed E-state index contributed by atoms with van der Waals surface area (Å²) < 4.78 is 10.7. The van der Waals surface area contributed by atoms with Crippen molar-refractivity contribution in [3.8, 4) is 0 Å². The third kappa shape index (κ3) is 7.72. The molecule has 1 aliphatic rings. The summed E-state index contributed by atoms with van der Waals surface area (Å²) in [7, 11) is 0. The monoisotopic (exact) mass is 480 g/mol. The summed E-state index contributed by atoms with van der Waals surface area (Å²) in [6, 6.07) is -1.96. The Balaban J connectivity index is 2.23. The Bertz CT molecular complexity index is 814. The highest BCUT2D eigenvalue weighted by Gasteiger charge is 2.51. The Hall–Kier alpha value is -2.62. The van der Waals surface area contributed by atoms with Gasteiger partial charge in [-0.3, -0.25) is 4.79 Å². The number of imidazole rings is 1. The van der Waals surface area contributed by atoms with Crippen molar-refractivity contribution in [2.45, 2.75) is 109 Å². The lowest BCUT2D eigenvalue weighted by Gasteiger charge is -2.41. The highest BCUT2D eigenvalue weighted by Crippen LogP contribution is 2.36. The molecule has 0 radical (unpaired) electrons. The van der Waals surface area contributed by atoms with Crippen LogP contribution in [0.1, 0.15) is 79.3 Å². The maximum Gasteiger partial charge on any atom is 0.408 e. The van der Waals surface area contributed by atoms with Crippen LogP contribution < -0.4 is 10.6 Å². The number of ether oxygens (including phenoxy) is 2. The van der Waals surface area contributed by atoms with Gasteiger partial charge in [0.2, 0.25) is 5.91 Å². The zero-order chi connectivity index (χ0) is 25.5. The van der Waals surface area contributed by atoms with Gasteiger partial charge < -0.3 is 30.2 Å². The second-order valence-corrected chi connectivity index (χ2v) is 10.3. The van der Waals surface area contributed by atoms with Crippen LogP contribution >= 0.6 is 0 Å². The summed E-state index contributed by atoms with van der Waals surface area (Å²) in [5.41, 5.74) is -2.00. The molecule has 1 saturated carbocycles. The number of carbonyl (C=O) groups is 3. The van der Waals surface area contributed by atoms with Crippen LogP contribution in [0.3, 0.4) is 0 Å². The molecule has 0 saturated heterocycles. The number of nitrogens with one attached hydrogen (secondary N) is 3. The van der Waals surface area contributed by atoms with E-state index in [1.54, 1.807) is 47.7 Å². The number of H-pyrrole nitrogens is 1. The van der Waals surface area contributed by atoms with Crippen LogP contribution in [0.4, 0.5) is 4.79 Å². The van der Waals surface area contributed by atoms with E-state index in [1.807, 2.05) is 0 Å². The van der Waals surface area contributed by atoms with E-state index >= 15 is 0 Å². The second-order valence-electron chi connectivity index (χ2n) is 10.3. The van der Waals surface area contributed by atoms with E-state index in [-0.39, 0.29) is 12.3 Å². The van der Waals surface area contributed by atoms with E-state index < -0.39 is 47.4 Å². The van der Waals surface area contributed by atoms with Gasteiger partial charge in [0.05, 0.1) is 18.5 Å². The number of aromatic nitrogens is 2. The van der Waals surface area contributed by atoms with Gasteiger partial charge >= 0.3 is 12.1 Å². The zero-order valence-corrected chi connectivity index (χ0v) is 21.1. The number of hydrogen-bond donors (Lipinski definition) is 4. The molecule has 1 fully saturated rings. The van der Waals surface area contributed by atoms with Gasteiger partial charge in [-0.15, -0.1) is 0 Å². The summed E-state index contributed by atoms with van der Waals surface area (Å²) in [6.45, 7) is 10.2. The molecule has 0 aliphatic heterocycles. The maximum atomic E-state index is 13.3. The molecule has 192 valence electrons. The minimum Gasteiger partial charge on any atom is -0.461 e. The Labute approximate surface area is 201 Å². The number of aromatic amines is 1. The highest BCUT2D eigenvalue weighted by molar-refractivity contribution is 5.88. The Morgan fingerprint density at radius 2 is 1.79 bits per heavy atom. The van der Waals surface area contributed by atoms with Crippen molar-refractivity contribution < 1.29 is 29.0 Å². The fraction of sp³-hybridized carbons (Fsp3) is 0.750. The molecule has 1 aliphatic carbocycles. The average molecular weight is 481 g/mol. The third-order valence-electron chi connectivity index (χ3n) is 5.90. The molecule has 0 aromatic carbocycles. The van der Waals surface area contributed by atoms with Gasteiger partial charge in [-0.2, -0.15) is 0 Å². The number of hydrogen-bond acceptors (Lipinski definition) is 7. The quantitative estimate of drug-likeness (QED) is 0.398. The number of alkyl carbamates (subject to hydrolysis) is 1. The van der Waals surface area contributed by atoms with Crippen molar-refractivity contribution in [1.29, 1.82) is 0 Å². The summed E-state index contributed by atoms with van der Waals surface area (Å²) in [5.74, 6) is -1.64. The molecule has 4 N–H and O–H groups in total. The first kappa shape index (κ1) is 27.6. The summed E-state index contributed by atoms with van der Waals surface area (Å²) in [4.78, 5) is 45.6. The molecule has 1 heterocycles. The highest BCUT2D eigenvalue weighted by atomic mass is 16.6. The van der Waals surface area contributed by atoms with E-state index in [2.05, 4.69) is 20.6 Å². The molecular formula is C24H40N4O6. The fourth-order valence-corrected chi connectivity index (χ4v) is 4.25. The van der Waals surface area contributed by atoms with Gasteiger partial charge in [-0.05, 0) is 54.4 Å². The van der Waals surface area contributed by atoms with E-state index in [0.717, 1.165) is 19.3 Å². The van der Waals surface area contributed by atoms with Crippen molar-refractivity contribution in [3.63, 3.8) is 0 Å². The maximum absolute atomic E-state index is 13.3. The topological polar surface area (TPSA) is 143 Å². The molecule has 3 atom stereocenters. The molecular weight excluding hydrogens is 440 g/mol. The third-order valence-corrected chi connectivity index (χ3v) is 5.90. The standard InChI is InChI=1S/C24H40N4O6/c1-15(2)33-21(30)24(32,17-10-8-7-9-11-17)16(3)27-20(29)19(12-18-13-25-14-26-18)28-22(31)34-23(4,5)6/h13-17,19,32H,7-12H2,1-6H3,(H,25,26)(H,27,29)(H,28,31)/t16-,19-,24?/m0/s1. The van der Waals surface area contributed by atoms with Crippen LogP contribution in [0, 0.1) is 5.92 Å². The van der Waals surface area contributed by atoms with Crippen molar-refractivity contribution in [2.24, 2.45) is 5.92 Å². The van der Waals surface area contributed by atoms with Crippen molar-refractivity contribution in [2.75, 3.05) is 0 Å². The number of aliphatic hydroxyl groups is 1. The van der Waals surface area contributed by atoms with Crippen LogP contribution in [-0.4, -0.2) is 62.4 Å². The second kappa shape index (κ2) is 11.7. The predicted molar refractivity (Wildman–Crippen MR) is 126 cm³/mol. The molecule has 1 aromatic rings. The first-order valence-corrected chi connectivity index (χ1v) is 12.0. The number of rotatable bonds is 9. The lowest BCUT2D eigenvalue weighted by Crippen LogP contribution is -2.63. The van der Waals surface area contributed by atoms with Crippen LogP contribution in [0.25, 0.3) is 0 Å². The molecule has 1 unspecified atom stereocenters. The van der Waals surface area contributed by atoms with Gasteiger partial charge in [0.15, 0.2) is 5.60 Å². The van der Waals surface area contributed by atoms with E-state index in [1.165, 1.54) is 6.33 Å². The lowest BCUT2D eigenvalue weighted by atomic mass is 9.73. The van der Waals surface area contributed by atoms with Gasteiger partial charge in [0.25, 0.3) is 0 Å². The van der Waals surface area contributed by atoms with Crippen molar-refractivity contribution in [1.82, 2.24) is 20.6 Å². The largest absolute Gasteiger partial charge is 0.461 e. The predicted octanol–water partition coefficient (Wildman–Crippen LogP) is 2.61. The first-order valence-electron chi connectivity index (χ1n) is 12.0. The number of nitrogens with zero attached hydrogens (tertiary/aromatic N) is 1. The molecule has 2 amide bonds. The van der Waals surface area contributed by atoms with E-state index in [4.69, 9.17) is 9.47 Å². The minimum atomic E-state index is -1.88. The van der Waals surface area contributed by atoms with Crippen LogP contribution in [0.5, 0.6) is 0 Å². The fourth-order valence-electron chi connectivity index (χ4n) is 4.25. The molecule has 10 heteroatoms. The Morgan fingerprint density at radius 1 is 1.15 bits per heavy atom. The lowest BCUT2D eigenvalue weighted by molar-refractivity contribution is -0.182. The first-order chi connectivity index (χ1) is 15.8. The molecule has 0 bridgehead atoms. The molecule has 1 aromatic heterocycles. The Kier molecular flexibility index (Phi) is 9.49. The smallest absolute Gasteiger partial charge is 0.408 e. The van der Waals surface area contributed by atoms with Crippen LogP contribution in [-0.2, 0) is 25.5 Å². The number of carbonyl (C=O) groups excluding carboxylic acids is 3. The molecule has 0 spiro atoms. The minimum absolute atomic E-state index is 0.121. The molecule has 34 heavy (non-hydrogen) atoms. The van der Waals surface area contributed by atoms with Gasteiger partial charge in [-0.1, -0.05) is 19.3 Å². The summed E-state index contributed by atoms with van der Waals surface area (Å²) in [5, 5.41) is 17.0. The normalized spacial score (nSPS) is 18.5. The molecule has 2 rings (SSSR count). The van der Waals surface area contributed by atoms with Gasteiger partial charge in [-0.25, -0.2) is 14.6 Å². The Morgan fingerprint density at radius 3 is 2.32 bits per heavy atom. The van der Waals surface area contributed by atoms with Gasteiger partial charge in [0, 0.05) is 24.2 Å².